The first-order valence-corrected chi connectivity index (χ1v) is 9.08. The minimum atomic E-state index is -4.21. The fourth-order valence-electron chi connectivity index (χ4n) is 2.48. The average molecular weight is 429 g/mol. The van der Waals surface area contributed by atoms with E-state index in [9.17, 15) is 22.4 Å². The third-order valence-corrected chi connectivity index (χ3v) is 4.01. The second-order valence-electron chi connectivity index (χ2n) is 6.46. The number of alkyl halides is 4. The van der Waals surface area contributed by atoms with Gasteiger partial charge in [-0.2, -0.15) is 8.78 Å². The van der Waals surface area contributed by atoms with Crippen LogP contribution in [0.5, 0.6) is 0 Å². The van der Waals surface area contributed by atoms with Crippen LogP contribution in [0.3, 0.4) is 0 Å². The molecule has 1 aromatic heterocycles. The SMILES string of the molecule is COCCN(Cc1cccnc1)C(=O)Nc1cccc(COCC(F)(F)C(F)F)c1. The number of pyridine rings is 1. The number of halogens is 4. The number of ether oxygens (including phenoxy) is 2. The number of nitrogens with zero attached hydrogens (tertiary/aromatic N) is 2. The van der Waals surface area contributed by atoms with Crippen molar-refractivity contribution < 1.29 is 31.8 Å². The summed E-state index contributed by atoms with van der Waals surface area (Å²) in [5.74, 6) is -4.21. The third-order valence-electron chi connectivity index (χ3n) is 4.01. The topological polar surface area (TPSA) is 63.7 Å². The Kier molecular flexibility index (Phi) is 9.00. The van der Waals surface area contributed by atoms with Gasteiger partial charge in [0.1, 0.15) is 6.61 Å². The van der Waals surface area contributed by atoms with Gasteiger partial charge in [0.2, 0.25) is 0 Å². The predicted molar refractivity (Wildman–Crippen MR) is 103 cm³/mol. The van der Waals surface area contributed by atoms with Gasteiger partial charge in [-0.15, -0.1) is 0 Å². The smallest absolute Gasteiger partial charge is 0.330 e. The number of benzene rings is 1. The molecule has 1 N–H and O–H groups in total. The number of hydrogen-bond donors (Lipinski definition) is 1. The molecule has 0 aliphatic carbocycles. The Morgan fingerprint density at radius 1 is 1.23 bits per heavy atom. The van der Waals surface area contributed by atoms with Crippen molar-refractivity contribution in [2.45, 2.75) is 25.5 Å². The summed E-state index contributed by atoms with van der Waals surface area (Å²) in [6.45, 7) is -0.705. The summed E-state index contributed by atoms with van der Waals surface area (Å²) in [6, 6.07) is 9.54. The van der Waals surface area contributed by atoms with Crippen LogP contribution in [0.25, 0.3) is 0 Å². The normalized spacial score (nSPS) is 11.5. The van der Waals surface area contributed by atoms with E-state index in [1.54, 1.807) is 36.7 Å². The molecule has 0 fully saturated rings. The number of nitrogens with one attached hydrogen (secondary N) is 1. The number of hydrogen-bond acceptors (Lipinski definition) is 4. The number of carbonyl (C=O) groups excluding carboxylic acids is 1. The zero-order valence-corrected chi connectivity index (χ0v) is 16.4. The average Bonchev–Trinajstić information content (AvgIpc) is 2.72. The molecule has 0 bridgehead atoms. The summed E-state index contributed by atoms with van der Waals surface area (Å²) < 4.78 is 59.9. The molecule has 10 heteroatoms. The highest BCUT2D eigenvalue weighted by Gasteiger charge is 2.40. The summed E-state index contributed by atoms with van der Waals surface area (Å²) in [7, 11) is 1.53. The molecule has 0 aliphatic rings. The molecule has 0 aliphatic heterocycles. The van der Waals surface area contributed by atoms with Crippen LogP contribution in [0.4, 0.5) is 28.0 Å². The fraction of sp³-hybridized carbons (Fsp3) is 0.400. The van der Waals surface area contributed by atoms with Crippen LogP contribution in [-0.4, -0.2) is 55.1 Å². The Labute approximate surface area is 171 Å². The summed E-state index contributed by atoms with van der Waals surface area (Å²) in [5, 5.41) is 2.72. The van der Waals surface area contributed by atoms with E-state index in [0.29, 0.717) is 30.9 Å². The first-order chi connectivity index (χ1) is 14.3. The molecule has 2 aromatic rings. The molecule has 0 radical (unpaired) electrons. The predicted octanol–water partition coefficient (Wildman–Crippen LogP) is 4.18. The summed E-state index contributed by atoms with van der Waals surface area (Å²) in [4.78, 5) is 18.2. The lowest BCUT2D eigenvalue weighted by molar-refractivity contribution is -0.168. The number of rotatable bonds is 11. The van der Waals surface area contributed by atoms with Gasteiger partial charge >= 0.3 is 18.4 Å². The molecule has 0 saturated heterocycles. The van der Waals surface area contributed by atoms with E-state index < -0.39 is 25.0 Å². The van der Waals surface area contributed by atoms with E-state index in [-0.39, 0.29) is 6.61 Å². The molecule has 0 saturated carbocycles. The molecule has 164 valence electrons. The van der Waals surface area contributed by atoms with Crippen molar-refractivity contribution in [2.24, 2.45) is 0 Å². The standard InChI is InChI=1S/C20H23F4N3O3/c1-29-9-8-27(12-16-5-3-7-25-11-16)19(28)26-17-6-2-4-15(10-17)13-30-14-20(23,24)18(21)22/h2-7,10-11,18H,8-9,12-14H2,1H3,(H,26,28). The van der Waals surface area contributed by atoms with E-state index in [1.165, 1.54) is 18.1 Å². The highest BCUT2D eigenvalue weighted by atomic mass is 19.3. The maximum Gasteiger partial charge on any atom is 0.330 e. The highest BCUT2D eigenvalue weighted by Crippen LogP contribution is 2.23. The molecule has 6 nitrogen and oxygen atoms in total. The Morgan fingerprint density at radius 3 is 2.67 bits per heavy atom. The molecular formula is C20H23F4N3O3. The summed E-state index contributed by atoms with van der Waals surface area (Å²) in [6.07, 6.45) is -0.505. The van der Waals surface area contributed by atoms with Gasteiger partial charge in [0.25, 0.3) is 0 Å². The molecule has 0 atom stereocenters. The van der Waals surface area contributed by atoms with Gasteiger partial charge in [0.15, 0.2) is 0 Å². The molecule has 1 aromatic carbocycles. The van der Waals surface area contributed by atoms with Gasteiger partial charge in [-0.1, -0.05) is 18.2 Å². The maximum absolute atomic E-state index is 12.9. The Morgan fingerprint density at radius 2 is 2.00 bits per heavy atom. The molecule has 2 rings (SSSR count). The number of urea groups is 1. The van der Waals surface area contributed by atoms with Crippen LogP contribution in [0, 0.1) is 0 Å². The molecular weight excluding hydrogens is 406 g/mol. The van der Waals surface area contributed by atoms with Crippen molar-refractivity contribution in [1.82, 2.24) is 9.88 Å². The Balaban J connectivity index is 1.97. The van der Waals surface area contributed by atoms with Crippen molar-refractivity contribution in [3.05, 3.63) is 59.9 Å². The quantitative estimate of drug-likeness (QED) is 0.545. The molecule has 30 heavy (non-hydrogen) atoms. The van der Waals surface area contributed by atoms with Crippen LogP contribution in [0.2, 0.25) is 0 Å². The van der Waals surface area contributed by atoms with Crippen LogP contribution in [0.15, 0.2) is 48.8 Å². The second kappa shape index (κ2) is 11.5. The zero-order chi connectivity index (χ0) is 22.0. The van der Waals surface area contributed by atoms with Crippen molar-refractivity contribution >= 4 is 11.7 Å². The molecule has 0 spiro atoms. The lowest BCUT2D eigenvalue weighted by atomic mass is 10.2. The summed E-state index contributed by atoms with van der Waals surface area (Å²) >= 11 is 0. The highest BCUT2D eigenvalue weighted by molar-refractivity contribution is 5.89. The number of amides is 2. The number of methoxy groups -OCH3 is 1. The number of anilines is 1. The Bertz CT molecular complexity index is 794. The van der Waals surface area contributed by atoms with E-state index >= 15 is 0 Å². The van der Waals surface area contributed by atoms with Gasteiger partial charge in [-0.05, 0) is 29.3 Å². The van der Waals surface area contributed by atoms with Gasteiger partial charge in [-0.3, -0.25) is 4.98 Å². The van der Waals surface area contributed by atoms with Crippen LogP contribution < -0.4 is 5.32 Å². The van der Waals surface area contributed by atoms with Gasteiger partial charge in [0, 0.05) is 38.3 Å². The lowest BCUT2D eigenvalue weighted by Gasteiger charge is -2.23. The lowest BCUT2D eigenvalue weighted by Crippen LogP contribution is -2.36. The molecule has 1 heterocycles. The third kappa shape index (κ3) is 7.60. The fourth-order valence-corrected chi connectivity index (χ4v) is 2.48. The van der Waals surface area contributed by atoms with E-state index in [4.69, 9.17) is 9.47 Å². The van der Waals surface area contributed by atoms with E-state index in [0.717, 1.165) is 5.56 Å². The maximum atomic E-state index is 12.9. The van der Waals surface area contributed by atoms with Gasteiger partial charge < -0.3 is 19.7 Å². The van der Waals surface area contributed by atoms with E-state index in [1.807, 2.05) is 6.07 Å². The van der Waals surface area contributed by atoms with Crippen molar-refractivity contribution in [3.8, 4) is 0 Å². The minimum absolute atomic E-state index is 0.297. The minimum Gasteiger partial charge on any atom is -0.383 e. The number of carbonyl (C=O) groups is 1. The molecule has 0 unspecified atom stereocenters. The van der Waals surface area contributed by atoms with Crippen LogP contribution in [0.1, 0.15) is 11.1 Å². The second-order valence-corrected chi connectivity index (χ2v) is 6.46. The van der Waals surface area contributed by atoms with Gasteiger partial charge in [0.05, 0.1) is 13.2 Å². The summed E-state index contributed by atoms with van der Waals surface area (Å²) in [5.41, 5.74) is 1.70. The Hall–Kier alpha value is -2.72. The first-order valence-electron chi connectivity index (χ1n) is 9.08. The van der Waals surface area contributed by atoms with Crippen molar-refractivity contribution in [1.29, 1.82) is 0 Å². The largest absolute Gasteiger partial charge is 0.383 e. The van der Waals surface area contributed by atoms with Gasteiger partial charge in [-0.25, -0.2) is 13.6 Å². The monoisotopic (exact) mass is 429 g/mol. The van der Waals surface area contributed by atoms with Crippen molar-refractivity contribution in [3.63, 3.8) is 0 Å². The number of aromatic nitrogens is 1. The molecule has 2 amide bonds. The van der Waals surface area contributed by atoms with Crippen LogP contribution in [-0.2, 0) is 22.6 Å². The first kappa shape index (κ1) is 23.6. The zero-order valence-electron chi connectivity index (χ0n) is 16.4. The van der Waals surface area contributed by atoms with E-state index in [2.05, 4.69) is 10.3 Å². The van der Waals surface area contributed by atoms with Crippen LogP contribution >= 0.6 is 0 Å². The van der Waals surface area contributed by atoms with Crippen molar-refractivity contribution in [2.75, 3.05) is 32.2 Å².